The highest BCUT2D eigenvalue weighted by Crippen LogP contribution is 2.34. The average Bonchev–Trinajstić information content (AvgIpc) is 2.74. The minimum Gasteiger partial charge on any atom is -0.289 e. The molecule has 1 saturated heterocycles. The molecule has 0 bridgehead atoms. The van der Waals surface area contributed by atoms with E-state index in [-0.39, 0.29) is 6.04 Å². The Hall–Kier alpha value is -2.10. The van der Waals surface area contributed by atoms with Crippen LogP contribution in [0.2, 0.25) is 10.0 Å². The van der Waals surface area contributed by atoms with Gasteiger partial charge in [0.1, 0.15) is 0 Å². The molecule has 1 N–H and O–H groups in total. The van der Waals surface area contributed by atoms with Crippen molar-refractivity contribution in [3.8, 4) is 0 Å². The lowest BCUT2D eigenvalue weighted by Gasteiger charge is -2.44. The van der Waals surface area contributed by atoms with Gasteiger partial charge in [-0.15, -0.1) is 0 Å². The van der Waals surface area contributed by atoms with E-state index in [9.17, 15) is 21.6 Å². The maximum Gasteiger partial charge on any atom is 0.416 e. The predicted octanol–water partition coefficient (Wildman–Crippen LogP) is 5.76. The predicted molar refractivity (Wildman–Crippen MR) is 122 cm³/mol. The first-order valence-corrected chi connectivity index (χ1v) is 12.2. The van der Waals surface area contributed by atoms with Gasteiger partial charge in [0.25, 0.3) is 0 Å². The molecule has 1 heterocycles. The van der Waals surface area contributed by atoms with Crippen LogP contribution in [0.5, 0.6) is 0 Å². The Labute approximate surface area is 200 Å². The summed E-state index contributed by atoms with van der Waals surface area (Å²) in [5.74, 6) is 0. The van der Waals surface area contributed by atoms with Crippen molar-refractivity contribution in [1.82, 2.24) is 9.62 Å². The van der Waals surface area contributed by atoms with E-state index in [0.717, 1.165) is 29.3 Å². The SMILES string of the molecule is O=S(=O)(NC1CN(C(c2ccc(Cl)cc2)c2ccc(Cl)cc2)C1)c1cccc(C(F)(F)F)c1. The molecule has 0 radical (unpaired) electrons. The van der Waals surface area contributed by atoms with Crippen molar-refractivity contribution in [3.05, 3.63) is 99.5 Å². The molecule has 0 unspecified atom stereocenters. The van der Waals surface area contributed by atoms with Crippen LogP contribution < -0.4 is 4.72 Å². The molecule has 0 spiro atoms. The van der Waals surface area contributed by atoms with Gasteiger partial charge in [-0.3, -0.25) is 4.90 Å². The molecular formula is C23H19Cl2F3N2O2S. The van der Waals surface area contributed by atoms with Crippen molar-refractivity contribution < 1.29 is 21.6 Å². The number of alkyl halides is 3. The summed E-state index contributed by atoms with van der Waals surface area (Å²) in [6, 6.07) is 17.9. The Balaban J connectivity index is 1.51. The summed E-state index contributed by atoms with van der Waals surface area (Å²) >= 11 is 12.1. The normalized spacial score (nSPS) is 15.6. The van der Waals surface area contributed by atoms with Gasteiger partial charge in [-0.1, -0.05) is 53.5 Å². The molecule has 3 aromatic carbocycles. The lowest BCUT2D eigenvalue weighted by atomic mass is 9.93. The third-order valence-corrected chi connectivity index (χ3v) is 7.46. The molecule has 0 aromatic heterocycles. The Kier molecular flexibility index (Phi) is 6.75. The van der Waals surface area contributed by atoms with E-state index in [1.54, 1.807) is 24.3 Å². The summed E-state index contributed by atoms with van der Waals surface area (Å²) in [6.07, 6.45) is -4.62. The zero-order valence-corrected chi connectivity index (χ0v) is 19.4. The molecular weight excluding hydrogens is 496 g/mol. The van der Waals surface area contributed by atoms with Gasteiger partial charge in [-0.05, 0) is 53.6 Å². The molecule has 4 nitrogen and oxygen atoms in total. The third-order valence-electron chi connectivity index (χ3n) is 5.44. The number of rotatable bonds is 6. The fourth-order valence-corrected chi connectivity index (χ4v) is 5.35. The van der Waals surface area contributed by atoms with Crippen LogP contribution in [-0.2, 0) is 16.2 Å². The van der Waals surface area contributed by atoms with Crippen molar-refractivity contribution >= 4 is 33.2 Å². The second-order valence-electron chi connectivity index (χ2n) is 7.80. The van der Waals surface area contributed by atoms with Gasteiger partial charge in [0, 0.05) is 29.2 Å². The summed E-state index contributed by atoms with van der Waals surface area (Å²) in [7, 11) is -4.10. The van der Waals surface area contributed by atoms with Crippen LogP contribution in [0.25, 0.3) is 0 Å². The standard InChI is InChI=1S/C23H19Cl2F3N2O2S/c24-18-8-4-15(5-9-18)22(16-6-10-19(25)11-7-16)30-13-20(14-30)29-33(31,32)21-3-1-2-17(12-21)23(26,27)28/h1-12,20,22,29H,13-14H2. The van der Waals surface area contributed by atoms with E-state index >= 15 is 0 Å². The highest BCUT2D eigenvalue weighted by Gasteiger charge is 2.37. The Morgan fingerprint density at radius 1 is 0.879 bits per heavy atom. The van der Waals surface area contributed by atoms with E-state index < -0.39 is 32.7 Å². The Bertz CT molecular complexity index is 1180. The number of nitrogens with one attached hydrogen (secondary N) is 1. The molecule has 1 fully saturated rings. The van der Waals surface area contributed by atoms with Crippen molar-refractivity contribution in [3.63, 3.8) is 0 Å². The molecule has 10 heteroatoms. The van der Waals surface area contributed by atoms with Gasteiger partial charge in [0.2, 0.25) is 10.0 Å². The van der Waals surface area contributed by atoms with Gasteiger partial charge < -0.3 is 0 Å². The largest absolute Gasteiger partial charge is 0.416 e. The number of sulfonamides is 1. The molecule has 174 valence electrons. The number of benzene rings is 3. The molecule has 1 aliphatic heterocycles. The maximum absolute atomic E-state index is 13.0. The van der Waals surface area contributed by atoms with Gasteiger partial charge in [0.05, 0.1) is 16.5 Å². The molecule has 0 saturated carbocycles. The van der Waals surface area contributed by atoms with Crippen LogP contribution in [-0.4, -0.2) is 32.4 Å². The second-order valence-corrected chi connectivity index (χ2v) is 10.4. The van der Waals surface area contributed by atoms with Crippen LogP contribution in [0.1, 0.15) is 22.7 Å². The zero-order valence-electron chi connectivity index (χ0n) is 17.1. The lowest BCUT2D eigenvalue weighted by Crippen LogP contribution is -2.60. The van der Waals surface area contributed by atoms with Crippen LogP contribution in [0.15, 0.2) is 77.7 Å². The minimum atomic E-state index is -4.62. The summed E-state index contributed by atoms with van der Waals surface area (Å²) in [4.78, 5) is 1.66. The number of hydrogen-bond donors (Lipinski definition) is 1. The topological polar surface area (TPSA) is 49.4 Å². The highest BCUT2D eigenvalue weighted by atomic mass is 35.5. The van der Waals surface area contributed by atoms with Gasteiger partial charge in [-0.2, -0.15) is 13.2 Å². The van der Waals surface area contributed by atoms with Crippen LogP contribution >= 0.6 is 23.2 Å². The molecule has 1 aliphatic rings. The van der Waals surface area contributed by atoms with E-state index in [4.69, 9.17) is 23.2 Å². The highest BCUT2D eigenvalue weighted by molar-refractivity contribution is 7.89. The number of hydrogen-bond acceptors (Lipinski definition) is 3. The van der Waals surface area contributed by atoms with Crippen molar-refractivity contribution in [2.45, 2.75) is 23.2 Å². The van der Waals surface area contributed by atoms with E-state index in [2.05, 4.69) is 9.62 Å². The Morgan fingerprint density at radius 3 is 1.88 bits per heavy atom. The minimum absolute atomic E-state index is 0.158. The molecule has 0 aliphatic carbocycles. The zero-order chi connectivity index (χ0) is 23.8. The van der Waals surface area contributed by atoms with Crippen molar-refractivity contribution in [1.29, 1.82) is 0 Å². The smallest absolute Gasteiger partial charge is 0.289 e. The van der Waals surface area contributed by atoms with E-state index in [1.807, 2.05) is 24.3 Å². The first-order valence-electron chi connectivity index (χ1n) is 9.97. The van der Waals surface area contributed by atoms with Crippen molar-refractivity contribution in [2.75, 3.05) is 13.1 Å². The number of halogens is 5. The summed E-state index contributed by atoms with van der Waals surface area (Å²) < 4.78 is 66.8. The summed E-state index contributed by atoms with van der Waals surface area (Å²) in [5.41, 5.74) is 0.938. The monoisotopic (exact) mass is 514 g/mol. The van der Waals surface area contributed by atoms with E-state index in [1.165, 1.54) is 0 Å². The fourth-order valence-electron chi connectivity index (χ4n) is 3.83. The average molecular weight is 515 g/mol. The molecule has 0 amide bonds. The first-order chi connectivity index (χ1) is 15.5. The quantitative estimate of drug-likeness (QED) is 0.454. The second kappa shape index (κ2) is 9.27. The van der Waals surface area contributed by atoms with Crippen LogP contribution in [0.3, 0.4) is 0 Å². The summed E-state index contributed by atoms with van der Waals surface area (Å²) in [5, 5.41) is 1.20. The maximum atomic E-state index is 13.0. The van der Waals surface area contributed by atoms with Crippen LogP contribution in [0, 0.1) is 0 Å². The number of nitrogens with zero attached hydrogens (tertiary/aromatic N) is 1. The number of likely N-dealkylation sites (tertiary alicyclic amines) is 1. The first kappa shape index (κ1) is 24.0. The molecule has 0 atom stereocenters. The third kappa shape index (κ3) is 5.53. The fraction of sp³-hybridized carbons (Fsp3) is 0.217. The lowest BCUT2D eigenvalue weighted by molar-refractivity contribution is -0.137. The van der Waals surface area contributed by atoms with Gasteiger partial charge >= 0.3 is 6.18 Å². The molecule has 33 heavy (non-hydrogen) atoms. The summed E-state index contributed by atoms with van der Waals surface area (Å²) in [6.45, 7) is 0.766. The Morgan fingerprint density at radius 2 is 1.39 bits per heavy atom. The van der Waals surface area contributed by atoms with Gasteiger partial charge in [-0.25, -0.2) is 13.1 Å². The van der Waals surface area contributed by atoms with Crippen LogP contribution in [0.4, 0.5) is 13.2 Å². The molecule has 4 rings (SSSR count). The van der Waals surface area contributed by atoms with E-state index in [0.29, 0.717) is 29.2 Å². The van der Waals surface area contributed by atoms with Gasteiger partial charge in [0.15, 0.2) is 0 Å². The molecule has 3 aromatic rings. The van der Waals surface area contributed by atoms with Crippen molar-refractivity contribution in [2.24, 2.45) is 0 Å².